The zero-order chi connectivity index (χ0) is 19.6. The minimum absolute atomic E-state index is 0.0360. The van der Waals surface area contributed by atoms with Gasteiger partial charge in [0.15, 0.2) is 0 Å². The molecule has 0 spiro atoms. The number of carbonyl (C=O) groups excluding carboxylic acids is 2. The van der Waals surface area contributed by atoms with Gasteiger partial charge in [0, 0.05) is 26.2 Å². The van der Waals surface area contributed by atoms with Gasteiger partial charge in [0.2, 0.25) is 21.8 Å². The molecule has 2 aliphatic heterocycles. The number of sulfonamides is 1. The lowest BCUT2D eigenvalue weighted by molar-refractivity contribution is -0.156. The maximum Gasteiger partial charge on any atom is 0.247 e. The summed E-state index contributed by atoms with van der Waals surface area (Å²) in [6.07, 6.45) is 0.535. The van der Waals surface area contributed by atoms with Crippen molar-refractivity contribution < 1.29 is 18.0 Å². The van der Waals surface area contributed by atoms with E-state index >= 15 is 0 Å². The summed E-state index contributed by atoms with van der Waals surface area (Å²) >= 11 is 0. The summed E-state index contributed by atoms with van der Waals surface area (Å²) in [7, 11) is -3.57. The smallest absolute Gasteiger partial charge is 0.247 e. The van der Waals surface area contributed by atoms with E-state index < -0.39 is 16.1 Å². The van der Waals surface area contributed by atoms with Crippen LogP contribution in [0.15, 0.2) is 30.3 Å². The fraction of sp³-hybridized carbons (Fsp3) is 0.579. The van der Waals surface area contributed by atoms with Crippen LogP contribution in [0, 0.1) is 5.92 Å². The average molecular weight is 394 g/mol. The lowest BCUT2D eigenvalue weighted by atomic mass is 10.1. The van der Waals surface area contributed by atoms with E-state index in [1.165, 1.54) is 4.31 Å². The second kappa shape index (κ2) is 7.98. The zero-order valence-electron chi connectivity index (χ0n) is 15.9. The first-order valence-electron chi connectivity index (χ1n) is 9.38. The normalized spacial score (nSPS) is 22.1. The van der Waals surface area contributed by atoms with Crippen molar-refractivity contribution in [3.8, 4) is 0 Å². The van der Waals surface area contributed by atoms with E-state index in [0.717, 1.165) is 0 Å². The molecular weight excluding hydrogens is 366 g/mol. The van der Waals surface area contributed by atoms with Crippen LogP contribution < -0.4 is 0 Å². The van der Waals surface area contributed by atoms with Crippen LogP contribution in [0.1, 0.15) is 25.8 Å². The average Bonchev–Trinajstić information content (AvgIpc) is 2.84. The molecule has 1 aromatic rings. The number of amides is 2. The molecule has 0 aromatic heterocycles. The van der Waals surface area contributed by atoms with Crippen molar-refractivity contribution in [3.63, 3.8) is 0 Å². The minimum atomic E-state index is -3.57. The summed E-state index contributed by atoms with van der Waals surface area (Å²) in [5, 5.41) is 0. The number of hydrogen-bond acceptors (Lipinski definition) is 4. The third-order valence-electron chi connectivity index (χ3n) is 4.97. The molecule has 0 radical (unpaired) electrons. The fourth-order valence-electron chi connectivity index (χ4n) is 3.73. The van der Waals surface area contributed by atoms with E-state index in [-0.39, 0.29) is 36.6 Å². The monoisotopic (exact) mass is 393 g/mol. The predicted molar refractivity (Wildman–Crippen MR) is 102 cm³/mol. The van der Waals surface area contributed by atoms with E-state index in [1.807, 2.05) is 32.0 Å². The molecule has 0 N–H and O–H groups in total. The number of carbonyl (C=O) groups is 2. The topological polar surface area (TPSA) is 78.0 Å². The highest BCUT2D eigenvalue weighted by Crippen LogP contribution is 2.22. The molecule has 2 heterocycles. The Morgan fingerprint density at radius 2 is 1.81 bits per heavy atom. The summed E-state index contributed by atoms with van der Waals surface area (Å²) < 4.78 is 27.2. The molecule has 1 atom stereocenters. The summed E-state index contributed by atoms with van der Waals surface area (Å²) in [5.41, 5.74) is 0.714. The van der Waals surface area contributed by atoms with Gasteiger partial charge in [-0.2, -0.15) is 4.31 Å². The molecule has 2 aliphatic rings. The Hall–Kier alpha value is -1.93. The molecule has 2 saturated heterocycles. The van der Waals surface area contributed by atoms with Crippen LogP contribution in [-0.2, 0) is 25.4 Å². The summed E-state index contributed by atoms with van der Waals surface area (Å²) in [4.78, 5) is 28.6. The first kappa shape index (κ1) is 19.8. The van der Waals surface area contributed by atoms with Crippen molar-refractivity contribution in [2.24, 2.45) is 5.92 Å². The zero-order valence-corrected chi connectivity index (χ0v) is 16.7. The summed E-state index contributed by atoms with van der Waals surface area (Å²) in [6.45, 7) is 5.36. The van der Waals surface area contributed by atoms with Crippen LogP contribution in [0.2, 0.25) is 0 Å². The van der Waals surface area contributed by atoms with Gasteiger partial charge in [-0.1, -0.05) is 44.2 Å². The van der Waals surface area contributed by atoms with Crippen molar-refractivity contribution in [2.75, 3.05) is 32.7 Å². The van der Waals surface area contributed by atoms with Gasteiger partial charge in [-0.25, -0.2) is 8.42 Å². The standard InChI is InChI=1S/C19H27N3O4S/c1-15(2)11-20-13-18(23)22-10-6-9-21(12-17(22)19(20)24)27(25,26)14-16-7-4-3-5-8-16/h3-5,7-8,15,17H,6,9-14H2,1-2H3. The Balaban J connectivity index is 1.80. The number of hydrogen-bond donors (Lipinski definition) is 0. The van der Waals surface area contributed by atoms with Crippen molar-refractivity contribution in [1.82, 2.24) is 14.1 Å². The Kier molecular flexibility index (Phi) is 5.86. The van der Waals surface area contributed by atoms with Gasteiger partial charge in [0.1, 0.15) is 6.04 Å². The number of nitrogens with zero attached hydrogens (tertiary/aromatic N) is 3. The lowest BCUT2D eigenvalue weighted by Crippen LogP contribution is -2.62. The fourth-order valence-corrected chi connectivity index (χ4v) is 5.30. The third kappa shape index (κ3) is 4.50. The number of fused-ring (bicyclic) bond motifs is 1. The van der Waals surface area contributed by atoms with Gasteiger partial charge in [-0.15, -0.1) is 0 Å². The second-order valence-corrected chi connectivity index (χ2v) is 9.64. The Labute approximate surface area is 161 Å². The predicted octanol–water partition coefficient (Wildman–Crippen LogP) is 0.918. The SMILES string of the molecule is CC(C)CN1CC(=O)N2CCCN(S(=O)(=O)Cc3ccccc3)CC2C1=O. The molecule has 7 nitrogen and oxygen atoms in total. The van der Waals surface area contributed by atoms with Gasteiger partial charge in [-0.05, 0) is 17.9 Å². The van der Waals surface area contributed by atoms with Gasteiger partial charge in [0.05, 0.1) is 12.3 Å². The van der Waals surface area contributed by atoms with Crippen molar-refractivity contribution >= 4 is 21.8 Å². The van der Waals surface area contributed by atoms with Gasteiger partial charge in [-0.3, -0.25) is 9.59 Å². The van der Waals surface area contributed by atoms with Crippen molar-refractivity contribution in [2.45, 2.75) is 32.1 Å². The molecule has 2 fully saturated rings. The second-order valence-electron chi connectivity index (χ2n) is 7.67. The van der Waals surface area contributed by atoms with Crippen molar-refractivity contribution in [3.05, 3.63) is 35.9 Å². The van der Waals surface area contributed by atoms with Crippen LogP contribution in [0.3, 0.4) is 0 Å². The Bertz CT molecular complexity index is 794. The first-order valence-corrected chi connectivity index (χ1v) is 11.0. The van der Waals surface area contributed by atoms with Crippen LogP contribution in [-0.4, -0.2) is 73.1 Å². The molecule has 148 valence electrons. The largest absolute Gasteiger partial charge is 0.331 e. The van der Waals surface area contributed by atoms with Crippen LogP contribution in [0.4, 0.5) is 0 Å². The first-order chi connectivity index (χ1) is 12.8. The highest BCUT2D eigenvalue weighted by atomic mass is 32.2. The molecule has 27 heavy (non-hydrogen) atoms. The maximum atomic E-state index is 12.9. The highest BCUT2D eigenvalue weighted by Gasteiger charge is 2.43. The molecule has 0 saturated carbocycles. The molecule has 3 rings (SSSR count). The van der Waals surface area contributed by atoms with Crippen LogP contribution in [0.25, 0.3) is 0 Å². The molecular formula is C19H27N3O4S. The number of piperazine rings is 1. The molecule has 1 aromatic carbocycles. The molecule has 0 aliphatic carbocycles. The van der Waals surface area contributed by atoms with Crippen molar-refractivity contribution in [1.29, 1.82) is 0 Å². The summed E-state index contributed by atoms with van der Waals surface area (Å²) in [5.74, 6) is -0.0945. The van der Waals surface area contributed by atoms with Crippen LogP contribution in [0.5, 0.6) is 0 Å². The highest BCUT2D eigenvalue weighted by molar-refractivity contribution is 7.88. The van der Waals surface area contributed by atoms with E-state index in [2.05, 4.69) is 0 Å². The Morgan fingerprint density at radius 1 is 1.11 bits per heavy atom. The number of benzene rings is 1. The van der Waals surface area contributed by atoms with Gasteiger partial charge in [0.25, 0.3) is 0 Å². The van der Waals surface area contributed by atoms with Crippen LogP contribution >= 0.6 is 0 Å². The third-order valence-corrected chi connectivity index (χ3v) is 6.79. The van der Waals surface area contributed by atoms with Gasteiger partial charge >= 0.3 is 0 Å². The summed E-state index contributed by atoms with van der Waals surface area (Å²) in [6, 6.07) is 8.29. The lowest BCUT2D eigenvalue weighted by Gasteiger charge is -2.40. The van der Waals surface area contributed by atoms with E-state index in [9.17, 15) is 18.0 Å². The minimum Gasteiger partial charge on any atom is -0.331 e. The van der Waals surface area contributed by atoms with E-state index in [1.54, 1.807) is 21.9 Å². The number of rotatable bonds is 5. The molecule has 8 heteroatoms. The quantitative estimate of drug-likeness (QED) is 0.745. The van der Waals surface area contributed by atoms with E-state index in [4.69, 9.17) is 0 Å². The molecule has 1 unspecified atom stereocenters. The molecule has 2 amide bonds. The van der Waals surface area contributed by atoms with Gasteiger partial charge < -0.3 is 9.80 Å². The maximum absolute atomic E-state index is 12.9. The van der Waals surface area contributed by atoms with E-state index in [0.29, 0.717) is 31.6 Å². The Morgan fingerprint density at radius 3 is 2.48 bits per heavy atom. The molecule has 0 bridgehead atoms.